The first-order valence-corrected chi connectivity index (χ1v) is 8.08. The number of likely N-dealkylation sites (tertiary alicyclic amines) is 1. The van der Waals surface area contributed by atoms with Crippen molar-refractivity contribution in [3.63, 3.8) is 0 Å². The lowest BCUT2D eigenvalue weighted by Gasteiger charge is -2.24. The maximum absolute atomic E-state index is 12.0. The minimum atomic E-state index is -0.233. The van der Waals surface area contributed by atoms with Gasteiger partial charge in [-0.25, -0.2) is 0 Å². The van der Waals surface area contributed by atoms with E-state index in [-0.39, 0.29) is 18.0 Å². The summed E-state index contributed by atoms with van der Waals surface area (Å²) in [7, 11) is 3.23. The molecule has 128 valence electrons. The average molecular weight is 342 g/mol. The van der Waals surface area contributed by atoms with E-state index in [4.69, 9.17) is 26.8 Å². The first-order chi connectivity index (χ1) is 11.0. The van der Waals surface area contributed by atoms with Crippen LogP contribution in [0, 0.1) is 0 Å². The van der Waals surface area contributed by atoms with E-state index in [0.29, 0.717) is 42.6 Å². The molecule has 3 N–H and O–H groups in total. The standard InChI is InChI=1S/C16H24ClN3O3/c1-4-23-15-7-12(17)10(5-14(15)22-3)8-20-9-11(18)6-13(20)16(21)19-2/h5,7,11,13H,4,6,8-9,18H2,1-3H3,(H,19,21)/t11-,13-/m0/s1. The van der Waals surface area contributed by atoms with Crippen LogP contribution in [0.3, 0.4) is 0 Å². The SMILES string of the molecule is CCOc1cc(Cl)c(CN2C[C@@H](N)C[C@H]2C(=O)NC)cc1OC. The van der Waals surface area contributed by atoms with E-state index >= 15 is 0 Å². The number of carbonyl (C=O) groups excluding carboxylic acids is 1. The molecule has 0 spiro atoms. The number of nitrogens with one attached hydrogen (secondary N) is 1. The largest absolute Gasteiger partial charge is 0.493 e. The zero-order chi connectivity index (χ0) is 17.0. The van der Waals surface area contributed by atoms with Crippen molar-refractivity contribution < 1.29 is 14.3 Å². The Morgan fingerprint density at radius 2 is 2.22 bits per heavy atom. The molecule has 1 aliphatic heterocycles. The van der Waals surface area contributed by atoms with Crippen LogP contribution in [0.5, 0.6) is 11.5 Å². The van der Waals surface area contributed by atoms with E-state index in [2.05, 4.69) is 5.32 Å². The number of hydrogen-bond acceptors (Lipinski definition) is 5. The Hall–Kier alpha value is -1.50. The van der Waals surface area contributed by atoms with Gasteiger partial charge in [0.2, 0.25) is 5.91 Å². The van der Waals surface area contributed by atoms with E-state index in [1.54, 1.807) is 20.2 Å². The normalized spacial score (nSPS) is 21.3. The second-order valence-corrected chi connectivity index (χ2v) is 5.99. The van der Waals surface area contributed by atoms with Gasteiger partial charge in [-0.1, -0.05) is 11.6 Å². The van der Waals surface area contributed by atoms with Crippen molar-refractivity contribution in [1.82, 2.24) is 10.2 Å². The smallest absolute Gasteiger partial charge is 0.237 e. The Morgan fingerprint density at radius 1 is 1.48 bits per heavy atom. The lowest BCUT2D eigenvalue weighted by atomic mass is 10.1. The van der Waals surface area contributed by atoms with Gasteiger partial charge in [0.25, 0.3) is 0 Å². The summed E-state index contributed by atoms with van der Waals surface area (Å²) in [4.78, 5) is 14.1. The van der Waals surface area contributed by atoms with Gasteiger partial charge in [0.05, 0.1) is 19.8 Å². The van der Waals surface area contributed by atoms with Gasteiger partial charge in [-0.05, 0) is 25.0 Å². The summed E-state index contributed by atoms with van der Waals surface area (Å²) >= 11 is 6.38. The van der Waals surface area contributed by atoms with E-state index < -0.39 is 0 Å². The van der Waals surface area contributed by atoms with Gasteiger partial charge in [-0.2, -0.15) is 0 Å². The van der Waals surface area contributed by atoms with E-state index in [9.17, 15) is 4.79 Å². The third-order valence-corrected chi connectivity index (χ3v) is 4.34. The highest BCUT2D eigenvalue weighted by Gasteiger charge is 2.35. The summed E-state index contributed by atoms with van der Waals surface area (Å²) in [6, 6.07) is 3.37. The highest BCUT2D eigenvalue weighted by Crippen LogP contribution is 2.34. The molecule has 1 fully saturated rings. The van der Waals surface area contributed by atoms with Crippen LogP contribution >= 0.6 is 11.6 Å². The molecule has 1 saturated heterocycles. The Balaban J connectivity index is 2.23. The number of ether oxygens (including phenoxy) is 2. The first-order valence-electron chi connectivity index (χ1n) is 7.70. The zero-order valence-electron chi connectivity index (χ0n) is 13.8. The predicted molar refractivity (Wildman–Crippen MR) is 90.0 cm³/mol. The van der Waals surface area contributed by atoms with Crippen LogP contribution < -0.4 is 20.5 Å². The van der Waals surface area contributed by atoms with Crippen molar-refractivity contribution in [1.29, 1.82) is 0 Å². The molecule has 1 aromatic rings. The molecule has 1 aromatic carbocycles. The number of nitrogens with two attached hydrogens (primary N) is 1. The third-order valence-electron chi connectivity index (χ3n) is 3.99. The van der Waals surface area contributed by atoms with Crippen molar-refractivity contribution in [3.8, 4) is 11.5 Å². The van der Waals surface area contributed by atoms with Gasteiger partial charge in [-0.3, -0.25) is 9.69 Å². The predicted octanol–water partition coefficient (Wildman–Crippen LogP) is 1.39. The molecule has 0 saturated carbocycles. The van der Waals surface area contributed by atoms with Crippen LogP contribution in [0.25, 0.3) is 0 Å². The summed E-state index contributed by atoms with van der Waals surface area (Å²) < 4.78 is 10.9. The van der Waals surface area contributed by atoms with Crippen LogP contribution in [0.2, 0.25) is 5.02 Å². The maximum atomic E-state index is 12.0. The van der Waals surface area contributed by atoms with Crippen LogP contribution in [0.1, 0.15) is 18.9 Å². The molecule has 0 radical (unpaired) electrons. The molecule has 1 aliphatic rings. The number of hydrogen-bond donors (Lipinski definition) is 2. The second-order valence-electron chi connectivity index (χ2n) is 5.58. The first kappa shape index (κ1) is 17.8. The molecule has 7 heteroatoms. The fraction of sp³-hybridized carbons (Fsp3) is 0.562. The van der Waals surface area contributed by atoms with Gasteiger partial charge in [0.15, 0.2) is 11.5 Å². The monoisotopic (exact) mass is 341 g/mol. The van der Waals surface area contributed by atoms with Crippen molar-refractivity contribution in [3.05, 3.63) is 22.7 Å². The summed E-state index contributed by atoms with van der Waals surface area (Å²) in [6.07, 6.45) is 0.644. The van der Waals surface area contributed by atoms with Crippen LogP contribution in [0.15, 0.2) is 12.1 Å². The lowest BCUT2D eigenvalue weighted by Crippen LogP contribution is -2.41. The fourth-order valence-electron chi connectivity index (χ4n) is 2.90. The van der Waals surface area contributed by atoms with Crippen molar-refractivity contribution >= 4 is 17.5 Å². The van der Waals surface area contributed by atoms with Gasteiger partial charge in [0.1, 0.15) is 0 Å². The average Bonchev–Trinajstić information content (AvgIpc) is 2.90. The molecule has 6 nitrogen and oxygen atoms in total. The van der Waals surface area contributed by atoms with Crippen molar-refractivity contribution in [2.45, 2.75) is 32.0 Å². The fourth-order valence-corrected chi connectivity index (χ4v) is 3.11. The number of carbonyl (C=O) groups is 1. The molecule has 0 unspecified atom stereocenters. The number of halogens is 1. The molecular formula is C16H24ClN3O3. The highest BCUT2D eigenvalue weighted by molar-refractivity contribution is 6.31. The summed E-state index contributed by atoms with van der Waals surface area (Å²) in [5.74, 6) is 1.22. The van der Waals surface area contributed by atoms with Crippen LogP contribution in [-0.2, 0) is 11.3 Å². The number of nitrogens with zero attached hydrogens (tertiary/aromatic N) is 1. The van der Waals surface area contributed by atoms with Crippen LogP contribution in [-0.4, -0.2) is 50.2 Å². The Kier molecular flexibility index (Phi) is 6.10. The Morgan fingerprint density at radius 3 is 2.83 bits per heavy atom. The van der Waals surface area contributed by atoms with E-state index in [1.807, 2.05) is 17.9 Å². The van der Waals surface area contributed by atoms with Gasteiger partial charge < -0.3 is 20.5 Å². The molecule has 2 rings (SSSR count). The maximum Gasteiger partial charge on any atom is 0.237 e. The number of methoxy groups -OCH3 is 1. The van der Waals surface area contributed by atoms with Crippen molar-refractivity contribution in [2.75, 3.05) is 27.3 Å². The summed E-state index contributed by atoms with van der Waals surface area (Å²) in [5, 5.41) is 3.28. The Bertz CT molecular complexity index is 568. The quantitative estimate of drug-likeness (QED) is 0.817. The molecule has 1 heterocycles. The second kappa shape index (κ2) is 7.86. The van der Waals surface area contributed by atoms with E-state index in [0.717, 1.165) is 5.56 Å². The number of rotatable bonds is 6. The molecule has 0 aliphatic carbocycles. The summed E-state index contributed by atoms with van der Waals surface area (Å²) in [6.45, 7) is 3.63. The molecular weight excluding hydrogens is 318 g/mol. The zero-order valence-corrected chi connectivity index (χ0v) is 14.5. The molecule has 0 aromatic heterocycles. The minimum absolute atomic E-state index is 0.0133. The van der Waals surface area contributed by atoms with Gasteiger partial charge in [0, 0.05) is 37.3 Å². The highest BCUT2D eigenvalue weighted by atomic mass is 35.5. The lowest BCUT2D eigenvalue weighted by molar-refractivity contribution is -0.125. The third kappa shape index (κ3) is 4.07. The van der Waals surface area contributed by atoms with Crippen LogP contribution in [0.4, 0.5) is 0 Å². The number of likely N-dealkylation sites (N-methyl/N-ethyl adjacent to an activating group) is 1. The number of benzene rings is 1. The summed E-state index contributed by atoms with van der Waals surface area (Å²) in [5.41, 5.74) is 6.90. The molecule has 1 amide bonds. The topological polar surface area (TPSA) is 76.8 Å². The number of amides is 1. The molecule has 0 bridgehead atoms. The van der Waals surface area contributed by atoms with Gasteiger partial charge in [-0.15, -0.1) is 0 Å². The van der Waals surface area contributed by atoms with Crippen molar-refractivity contribution in [2.24, 2.45) is 5.73 Å². The minimum Gasteiger partial charge on any atom is -0.493 e. The van der Waals surface area contributed by atoms with Gasteiger partial charge >= 0.3 is 0 Å². The van der Waals surface area contributed by atoms with E-state index in [1.165, 1.54) is 0 Å². The molecule has 23 heavy (non-hydrogen) atoms. The molecule has 2 atom stereocenters. The Labute approximate surface area is 141 Å².